The number of aromatic nitrogens is 2. The number of carboxylic acids is 1. The minimum absolute atomic E-state index is 0.0421. The average molecular weight is 251 g/mol. The zero-order chi connectivity index (χ0) is 13.8. The quantitative estimate of drug-likeness (QED) is 0.867. The van der Waals surface area contributed by atoms with Crippen molar-refractivity contribution in [3.63, 3.8) is 0 Å². The summed E-state index contributed by atoms with van der Waals surface area (Å²) in [6.07, 6.45) is 4.42. The number of rotatable bonds is 5. The number of aliphatic carboxylic acids is 1. The standard InChI is InChI=1S/C13H21N3O2/c1-13(2,3)10-8-14-12(15-9-10)16(4)7-5-6-11(17)18/h8-9H,5-7H2,1-4H3,(H,17,18). The Bertz CT molecular complexity index is 396. The second-order valence-electron chi connectivity index (χ2n) is 5.44. The van der Waals surface area contributed by atoms with Gasteiger partial charge in [0.15, 0.2) is 0 Å². The Morgan fingerprint density at radius 1 is 1.33 bits per heavy atom. The van der Waals surface area contributed by atoms with Gasteiger partial charge < -0.3 is 10.0 Å². The molecule has 1 heterocycles. The maximum absolute atomic E-state index is 10.4. The van der Waals surface area contributed by atoms with Gasteiger partial charge in [0.1, 0.15) is 0 Å². The second kappa shape index (κ2) is 5.80. The Labute approximate surface area is 108 Å². The van der Waals surface area contributed by atoms with Gasteiger partial charge in [0.05, 0.1) is 0 Å². The van der Waals surface area contributed by atoms with E-state index in [9.17, 15) is 4.79 Å². The van der Waals surface area contributed by atoms with Gasteiger partial charge in [-0.1, -0.05) is 20.8 Å². The van der Waals surface area contributed by atoms with Gasteiger partial charge in [0, 0.05) is 32.4 Å². The van der Waals surface area contributed by atoms with Crippen molar-refractivity contribution in [1.29, 1.82) is 0 Å². The molecule has 0 saturated carbocycles. The molecule has 0 aliphatic rings. The number of nitrogens with zero attached hydrogens (tertiary/aromatic N) is 3. The van der Waals surface area contributed by atoms with Crippen LogP contribution in [0, 0.1) is 0 Å². The summed E-state index contributed by atoms with van der Waals surface area (Å²) in [5, 5.41) is 8.57. The van der Waals surface area contributed by atoms with Gasteiger partial charge in [-0.15, -0.1) is 0 Å². The van der Waals surface area contributed by atoms with E-state index in [2.05, 4.69) is 30.7 Å². The highest BCUT2D eigenvalue weighted by atomic mass is 16.4. The fourth-order valence-electron chi connectivity index (χ4n) is 1.47. The van der Waals surface area contributed by atoms with Crippen LogP contribution < -0.4 is 4.90 Å². The Balaban J connectivity index is 2.59. The average Bonchev–Trinajstić information content (AvgIpc) is 2.27. The molecule has 1 aromatic rings. The zero-order valence-electron chi connectivity index (χ0n) is 11.5. The van der Waals surface area contributed by atoms with Crippen LogP contribution in [0.2, 0.25) is 0 Å². The van der Waals surface area contributed by atoms with Crippen LogP contribution >= 0.6 is 0 Å². The molecule has 0 spiro atoms. The number of anilines is 1. The molecular formula is C13H21N3O2. The summed E-state index contributed by atoms with van der Waals surface area (Å²) in [4.78, 5) is 20.9. The summed E-state index contributed by atoms with van der Waals surface area (Å²) >= 11 is 0. The molecule has 1 aromatic heterocycles. The fourth-order valence-corrected chi connectivity index (χ4v) is 1.47. The van der Waals surface area contributed by atoms with Crippen LogP contribution in [0.5, 0.6) is 0 Å². The molecule has 18 heavy (non-hydrogen) atoms. The van der Waals surface area contributed by atoms with E-state index < -0.39 is 5.97 Å². The van der Waals surface area contributed by atoms with Crippen LogP contribution in [0.1, 0.15) is 39.2 Å². The van der Waals surface area contributed by atoms with Crippen LogP contribution in [-0.4, -0.2) is 34.6 Å². The van der Waals surface area contributed by atoms with Crippen molar-refractivity contribution < 1.29 is 9.90 Å². The summed E-state index contributed by atoms with van der Waals surface area (Å²) in [6, 6.07) is 0. The molecule has 100 valence electrons. The Morgan fingerprint density at radius 3 is 2.33 bits per heavy atom. The summed E-state index contributed by atoms with van der Waals surface area (Å²) in [5.74, 6) is -0.138. The molecule has 0 aromatic carbocycles. The summed E-state index contributed by atoms with van der Waals surface area (Å²) in [6.45, 7) is 6.98. The van der Waals surface area contributed by atoms with E-state index in [0.717, 1.165) is 5.56 Å². The first-order chi connectivity index (χ1) is 8.30. The van der Waals surface area contributed by atoms with E-state index in [4.69, 9.17) is 5.11 Å². The number of hydrogen-bond donors (Lipinski definition) is 1. The maximum Gasteiger partial charge on any atom is 0.303 e. The van der Waals surface area contributed by atoms with E-state index in [1.807, 2.05) is 24.3 Å². The summed E-state index contributed by atoms with van der Waals surface area (Å²) in [7, 11) is 1.87. The van der Waals surface area contributed by atoms with Crippen LogP contribution in [0.3, 0.4) is 0 Å². The van der Waals surface area contributed by atoms with E-state index in [-0.39, 0.29) is 11.8 Å². The first-order valence-corrected chi connectivity index (χ1v) is 6.06. The van der Waals surface area contributed by atoms with E-state index >= 15 is 0 Å². The van der Waals surface area contributed by atoms with Gasteiger partial charge in [-0.25, -0.2) is 9.97 Å². The van der Waals surface area contributed by atoms with Crippen molar-refractivity contribution in [3.05, 3.63) is 18.0 Å². The van der Waals surface area contributed by atoms with Gasteiger partial charge in [-0.3, -0.25) is 4.79 Å². The highest BCUT2D eigenvalue weighted by molar-refractivity contribution is 5.66. The van der Waals surface area contributed by atoms with Gasteiger partial charge in [0.25, 0.3) is 0 Å². The molecule has 0 atom stereocenters. The smallest absolute Gasteiger partial charge is 0.303 e. The molecule has 0 bridgehead atoms. The third kappa shape index (κ3) is 4.31. The number of carboxylic acid groups (broad SMARTS) is 1. The number of hydrogen-bond acceptors (Lipinski definition) is 4. The molecule has 5 heteroatoms. The SMILES string of the molecule is CN(CCCC(=O)O)c1ncc(C(C)(C)C)cn1. The van der Waals surface area contributed by atoms with Gasteiger partial charge in [0.2, 0.25) is 5.95 Å². The molecule has 0 aliphatic carbocycles. The monoisotopic (exact) mass is 251 g/mol. The van der Waals surface area contributed by atoms with E-state index in [0.29, 0.717) is 18.9 Å². The molecule has 0 unspecified atom stereocenters. The minimum atomic E-state index is -0.771. The molecule has 0 fully saturated rings. The van der Waals surface area contributed by atoms with Crippen molar-refractivity contribution in [3.8, 4) is 0 Å². The first-order valence-electron chi connectivity index (χ1n) is 6.06. The van der Waals surface area contributed by atoms with Crippen LogP contribution in [0.25, 0.3) is 0 Å². The van der Waals surface area contributed by atoms with Crippen LogP contribution in [0.4, 0.5) is 5.95 Å². The van der Waals surface area contributed by atoms with Crippen LogP contribution in [-0.2, 0) is 10.2 Å². The van der Waals surface area contributed by atoms with Crippen LogP contribution in [0.15, 0.2) is 12.4 Å². The Kier molecular flexibility index (Phi) is 4.64. The summed E-state index contributed by atoms with van der Waals surface area (Å²) < 4.78 is 0. The minimum Gasteiger partial charge on any atom is -0.481 e. The predicted molar refractivity (Wildman–Crippen MR) is 70.9 cm³/mol. The van der Waals surface area contributed by atoms with E-state index in [1.165, 1.54) is 0 Å². The zero-order valence-corrected chi connectivity index (χ0v) is 11.5. The van der Waals surface area contributed by atoms with Gasteiger partial charge >= 0.3 is 5.97 Å². The van der Waals surface area contributed by atoms with Crippen molar-refractivity contribution in [2.75, 3.05) is 18.5 Å². The molecule has 0 aliphatic heterocycles. The van der Waals surface area contributed by atoms with E-state index in [1.54, 1.807) is 0 Å². The lowest BCUT2D eigenvalue weighted by atomic mass is 9.89. The van der Waals surface area contributed by atoms with Gasteiger partial charge in [-0.2, -0.15) is 0 Å². The Hall–Kier alpha value is -1.65. The number of carbonyl (C=O) groups is 1. The molecule has 5 nitrogen and oxygen atoms in total. The lowest BCUT2D eigenvalue weighted by Crippen LogP contribution is -2.22. The largest absolute Gasteiger partial charge is 0.481 e. The predicted octanol–water partition coefficient (Wildman–Crippen LogP) is 2.08. The first kappa shape index (κ1) is 14.4. The normalized spacial score (nSPS) is 11.3. The van der Waals surface area contributed by atoms with Crippen molar-refractivity contribution in [2.45, 2.75) is 39.0 Å². The molecule has 0 radical (unpaired) electrons. The highest BCUT2D eigenvalue weighted by Gasteiger charge is 2.15. The molecular weight excluding hydrogens is 230 g/mol. The lowest BCUT2D eigenvalue weighted by Gasteiger charge is -2.20. The molecule has 1 rings (SSSR count). The third-order valence-electron chi connectivity index (χ3n) is 2.73. The summed E-state index contributed by atoms with van der Waals surface area (Å²) in [5.41, 5.74) is 1.13. The third-order valence-corrected chi connectivity index (χ3v) is 2.73. The Morgan fingerprint density at radius 2 is 1.89 bits per heavy atom. The van der Waals surface area contributed by atoms with Gasteiger partial charge in [-0.05, 0) is 17.4 Å². The highest BCUT2D eigenvalue weighted by Crippen LogP contribution is 2.21. The second-order valence-corrected chi connectivity index (χ2v) is 5.44. The maximum atomic E-state index is 10.4. The topological polar surface area (TPSA) is 66.3 Å². The van der Waals surface area contributed by atoms with Crippen molar-refractivity contribution >= 4 is 11.9 Å². The molecule has 0 amide bonds. The lowest BCUT2D eigenvalue weighted by molar-refractivity contribution is -0.137. The van der Waals surface area contributed by atoms with Crippen molar-refractivity contribution in [1.82, 2.24) is 9.97 Å². The van der Waals surface area contributed by atoms with Crippen molar-refractivity contribution in [2.24, 2.45) is 0 Å². The molecule has 1 N–H and O–H groups in total. The fraction of sp³-hybridized carbons (Fsp3) is 0.615. The molecule has 0 saturated heterocycles.